The van der Waals surface area contributed by atoms with Crippen LogP contribution < -0.4 is 14.9 Å². The number of ether oxygens (including phenoxy) is 2. The largest absolute Gasteiger partial charge is 0.500 e. The molecule has 28 heavy (non-hydrogen) atoms. The maximum atomic E-state index is 11.9. The monoisotopic (exact) mass is 387 g/mol. The van der Waals surface area contributed by atoms with Gasteiger partial charge in [-0.2, -0.15) is 5.10 Å². The molecular formula is C19H21N3O6. The van der Waals surface area contributed by atoms with Crippen molar-refractivity contribution in [2.24, 2.45) is 5.10 Å². The molecule has 0 atom stereocenters. The van der Waals surface area contributed by atoms with E-state index >= 15 is 0 Å². The number of hydrogen-bond acceptors (Lipinski definition) is 7. The van der Waals surface area contributed by atoms with Crippen molar-refractivity contribution in [3.05, 3.63) is 57.1 Å². The number of benzene rings is 2. The molecule has 0 aliphatic carbocycles. The molecule has 0 radical (unpaired) electrons. The van der Waals surface area contributed by atoms with Gasteiger partial charge in [0.2, 0.25) is 5.75 Å². The predicted octanol–water partition coefficient (Wildman–Crippen LogP) is 2.85. The first-order valence-corrected chi connectivity index (χ1v) is 8.48. The van der Waals surface area contributed by atoms with Crippen LogP contribution in [0.25, 0.3) is 0 Å². The topological polar surface area (TPSA) is 123 Å². The molecule has 2 aromatic rings. The van der Waals surface area contributed by atoms with Gasteiger partial charge in [0.15, 0.2) is 12.4 Å². The van der Waals surface area contributed by atoms with E-state index in [0.29, 0.717) is 5.75 Å². The highest BCUT2D eigenvalue weighted by Gasteiger charge is 2.19. The molecular weight excluding hydrogens is 366 g/mol. The molecule has 0 bridgehead atoms. The Kier molecular flexibility index (Phi) is 6.91. The van der Waals surface area contributed by atoms with Crippen molar-refractivity contribution in [3.8, 4) is 17.2 Å². The summed E-state index contributed by atoms with van der Waals surface area (Å²) in [6.07, 6.45) is 1.21. The van der Waals surface area contributed by atoms with Gasteiger partial charge in [-0.3, -0.25) is 14.9 Å². The lowest BCUT2D eigenvalue weighted by atomic mass is 10.1. The number of aromatic hydroxyl groups is 1. The first-order chi connectivity index (χ1) is 13.3. The van der Waals surface area contributed by atoms with Crippen LogP contribution in [0.4, 0.5) is 5.69 Å². The summed E-state index contributed by atoms with van der Waals surface area (Å²) in [5, 5.41) is 24.7. The zero-order valence-electron chi connectivity index (χ0n) is 15.8. The van der Waals surface area contributed by atoms with E-state index in [9.17, 15) is 20.0 Å². The Balaban J connectivity index is 2.03. The van der Waals surface area contributed by atoms with Crippen LogP contribution in [0.5, 0.6) is 17.2 Å². The molecule has 2 aromatic carbocycles. The zero-order valence-corrected chi connectivity index (χ0v) is 15.8. The summed E-state index contributed by atoms with van der Waals surface area (Å²) in [4.78, 5) is 22.2. The smallest absolute Gasteiger partial charge is 0.315 e. The van der Waals surface area contributed by atoms with Crippen LogP contribution in [0.2, 0.25) is 0 Å². The summed E-state index contributed by atoms with van der Waals surface area (Å²) in [5.41, 5.74) is 3.88. The highest BCUT2D eigenvalue weighted by atomic mass is 16.6. The number of aryl methyl sites for hydroxylation is 2. The van der Waals surface area contributed by atoms with Gasteiger partial charge in [0, 0.05) is 11.6 Å². The Morgan fingerprint density at radius 2 is 1.96 bits per heavy atom. The molecule has 9 nitrogen and oxygen atoms in total. The van der Waals surface area contributed by atoms with Crippen LogP contribution in [0.15, 0.2) is 35.4 Å². The summed E-state index contributed by atoms with van der Waals surface area (Å²) < 4.78 is 10.7. The van der Waals surface area contributed by atoms with Crippen molar-refractivity contribution in [2.45, 2.75) is 20.8 Å². The Morgan fingerprint density at radius 1 is 1.29 bits per heavy atom. The molecule has 0 saturated heterocycles. The van der Waals surface area contributed by atoms with Crippen molar-refractivity contribution in [1.29, 1.82) is 0 Å². The predicted molar refractivity (Wildman–Crippen MR) is 103 cm³/mol. The molecule has 2 rings (SSSR count). The highest BCUT2D eigenvalue weighted by molar-refractivity contribution is 5.85. The van der Waals surface area contributed by atoms with E-state index in [4.69, 9.17) is 9.47 Å². The lowest BCUT2D eigenvalue weighted by Crippen LogP contribution is -2.25. The molecule has 0 aliphatic rings. The fourth-order valence-corrected chi connectivity index (χ4v) is 2.47. The van der Waals surface area contributed by atoms with Gasteiger partial charge in [-0.15, -0.1) is 0 Å². The van der Waals surface area contributed by atoms with Crippen molar-refractivity contribution < 1.29 is 24.3 Å². The summed E-state index contributed by atoms with van der Waals surface area (Å²) >= 11 is 0. The minimum atomic E-state index is -0.730. The van der Waals surface area contributed by atoms with E-state index < -0.39 is 22.3 Å². The molecule has 0 saturated carbocycles. The number of nitrogens with one attached hydrogen (secondary N) is 1. The Morgan fingerprint density at radius 3 is 2.57 bits per heavy atom. The number of hydrazone groups is 1. The van der Waals surface area contributed by atoms with Crippen LogP contribution in [0.1, 0.15) is 23.6 Å². The number of amides is 1. The van der Waals surface area contributed by atoms with Gasteiger partial charge >= 0.3 is 5.69 Å². The number of nitro benzene ring substituents is 1. The number of carbonyl (C=O) groups is 1. The van der Waals surface area contributed by atoms with Gasteiger partial charge in [-0.1, -0.05) is 18.2 Å². The second-order valence-electron chi connectivity index (χ2n) is 5.88. The normalized spacial score (nSPS) is 10.7. The fraction of sp³-hybridized carbons (Fsp3) is 0.263. The third kappa shape index (κ3) is 5.19. The zero-order chi connectivity index (χ0) is 20.7. The Bertz CT molecular complexity index is 891. The minimum Gasteiger partial charge on any atom is -0.500 e. The molecule has 148 valence electrons. The van der Waals surface area contributed by atoms with E-state index in [-0.39, 0.29) is 24.5 Å². The quantitative estimate of drug-likeness (QED) is 0.408. The minimum absolute atomic E-state index is 0.0390. The van der Waals surface area contributed by atoms with E-state index in [2.05, 4.69) is 10.5 Å². The average molecular weight is 387 g/mol. The third-order valence-electron chi connectivity index (χ3n) is 3.73. The van der Waals surface area contributed by atoms with Gasteiger partial charge < -0.3 is 14.6 Å². The maximum Gasteiger partial charge on any atom is 0.315 e. The standard InChI is InChI=1S/C19H21N3O6/c1-4-27-16-9-14(8-15(18(16)24)22(25)26)10-20-21-17(23)11-28-19-12(2)6-5-7-13(19)3/h5-10,24H,4,11H2,1-3H3,(H,21,23)/b20-10+. The summed E-state index contributed by atoms with van der Waals surface area (Å²) in [7, 11) is 0. The highest BCUT2D eigenvalue weighted by Crippen LogP contribution is 2.36. The number of nitrogens with zero attached hydrogens (tertiary/aromatic N) is 2. The van der Waals surface area contributed by atoms with E-state index in [1.54, 1.807) is 6.92 Å². The van der Waals surface area contributed by atoms with Crippen LogP contribution in [0.3, 0.4) is 0 Å². The van der Waals surface area contributed by atoms with Gasteiger partial charge in [0.1, 0.15) is 5.75 Å². The number of hydrogen-bond donors (Lipinski definition) is 2. The first kappa shape index (κ1) is 20.7. The van der Waals surface area contributed by atoms with Crippen molar-refractivity contribution in [3.63, 3.8) is 0 Å². The summed E-state index contributed by atoms with van der Waals surface area (Å²) in [5.74, 6) is -0.452. The Hall–Kier alpha value is -3.62. The summed E-state index contributed by atoms with van der Waals surface area (Å²) in [6, 6.07) is 8.17. The number of carbonyl (C=O) groups excluding carboxylic acids is 1. The number of rotatable bonds is 8. The molecule has 0 heterocycles. The molecule has 1 amide bonds. The van der Waals surface area contributed by atoms with E-state index in [1.807, 2.05) is 32.0 Å². The van der Waals surface area contributed by atoms with E-state index in [0.717, 1.165) is 17.2 Å². The molecule has 9 heteroatoms. The van der Waals surface area contributed by atoms with Crippen molar-refractivity contribution in [1.82, 2.24) is 5.43 Å². The second-order valence-corrected chi connectivity index (χ2v) is 5.88. The van der Waals surface area contributed by atoms with Crippen LogP contribution in [0, 0.1) is 24.0 Å². The first-order valence-electron chi connectivity index (χ1n) is 8.48. The molecule has 0 fully saturated rings. The van der Waals surface area contributed by atoms with Crippen molar-refractivity contribution in [2.75, 3.05) is 13.2 Å². The lowest BCUT2D eigenvalue weighted by molar-refractivity contribution is -0.386. The maximum absolute atomic E-state index is 11.9. The molecule has 0 unspecified atom stereocenters. The van der Waals surface area contributed by atoms with Gasteiger partial charge in [0.05, 0.1) is 17.7 Å². The van der Waals surface area contributed by atoms with Crippen LogP contribution in [-0.4, -0.2) is 35.4 Å². The summed E-state index contributed by atoms with van der Waals surface area (Å²) in [6.45, 7) is 5.43. The van der Waals surface area contributed by atoms with E-state index in [1.165, 1.54) is 12.3 Å². The number of phenols is 1. The molecule has 0 aromatic heterocycles. The molecule has 0 aliphatic heterocycles. The lowest BCUT2D eigenvalue weighted by Gasteiger charge is -2.10. The van der Waals surface area contributed by atoms with Crippen LogP contribution in [-0.2, 0) is 4.79 Å². The Labute approximate surface area is 161 Å². The van der Waals surface area contributed by atoms with Gasteiger partial charge in [0.25, 0.3) is 5.91 Å². The molecule has 2 N–H and O–H groups in total. The number of phenolic OH excluding ortho intramolecular Hbond substituents is 1. The molecule has 0 spiro atoms. The fourth-order valence-electron chi connectivity index (χ4n) is 2.47. The second kappa shape index (κ2) is 9.36. The average Bonchev–Trinajstić information content (AvgIpc) is 2.63. The number of para-hydroxylation sites is 1. The number of nitro groups is 1. The van der Waals surface area contributed by atoms with Crippen LogP contribution >= 0.6 is 0 Å². The third-order valence-corrected chi connectivity index (χ3v) is 3.73. The SMILES string of the molecule is CCOc1cc(/C=N/NC(=O)COc2c(C)cccc2C)cc([N+](=O)[O-])c1O. The van der Waals surface area contributed by atoms with Crippen molar-refractivity contribution >= 4 is 17.8 Å². The van der Waals surface area contributed by atoms with Gasteiger partial charge in [-0.05, 0) is 38.0 Å². The van der Waals surface area contributed by atoms with Gasteiger partial charge in [-0.25, -0.2) is 5.43 Å².